The average Bonchev–Trinajstić information content (AvgIpc) is 3.20. The standard InChI is InChI=1S/C22H15FN4O2S2/c1-12-16(17-13(2)31-19(27-17)14-5-7-15(23)8-6-14)18(21(3,4)29-12)28-20(30)22(9-24,10-25)11-26/h5-8H,1H2,2-4H3. The van der Waals surface area contributed by atoms with Crippen LogP contribution in [0.5, 0.6) is 0 Å². The predicted molar refractivity (Wildman–Crippen MR) is 116 cm³/mol. The second-order valence-electron chi connectivity index (χ2n) is 7.15. The van der Waals surface area contributed by atoms with Gasteiger partial charge < -0.3 is 9.47 Å². The van der Waals surface area contributed by atoms with Crippen molar-refractivity contribution in [2.24, 2.45) is 5.41 Å². The number of rotatable bonds is 4. The van der Waals surface area contributed by atoms with E-state index in [-0.39, 0.29) is 17.3 Å². The molecule has 0 radical (unpaired) electrons. The monoisotopic (exact) mass is 450 g/mol. The summed E-state index contributed by atoms with van der Waals surface area (Å²) in [7, 11) is 0. The highest BCUT2D eigenvalue weighted by atomic mass is 32.1. The third kappa shape index (κ3) is 3.80. The Hall–Kier alpha value is -3.58. The van der Waals surface area contributed by atoms with Crippen LogP contribution in [0.25, 0.3) is 16.1 Å². The lowest BCUT2D eigenvalue weighted by molar-refractivity contribution is 0.0630. The molecule has 0 amide bonds. The fourth-order valence-electron chi connectivity index (χ4n) is 2.97. The molecular weight excluding hydrogens is 435 g/mol. The molecule has 154 valence electrons. The number of benzene rings is 1. The Morgan fingerprint density at radius 2 is 1.81 bits per heavy atom. The molecule has 1 aromatic heterocycles. The summed E-state index contributed by atoms with van der Waals surface area (Å²) in [5, 5.41) is 28.1. The Morgan fingerprint density at radius 3 is 2.35 bits per heavy atom. The van der Waals surface area contributed by atoms with E-state index in [1.165, 1.54) is 23.5 Å². The molecule has 1 aromatic carbocycles. The number of thiazole rings is 1. The van der Waals surface area contributed by atoms with E-state index in [9.17, 15) is 20.2 Å². The van der Waals surface area contributed by atoms with Gasteiger partial charge in [-0.1, -0.05) is 6.58 Å². The molecule has 0 bridgehead atoms. The van der Waals surface area contributed by atoms with Crippen LogP contribution in [-0.2, 0) is 9.47 Å². The van der Waals surface area contributed by atoms with Crippen molar-refractivity contribution in [3.05, 3.63) is 58.8 Å². The zero-order chi connectivity index (χ0) is 23.0. The summed E-state index contributed by atoms with van der Waals surface area (Å²) in [5.41, 5.74) is -1.59. The number of ether oxygens (including phenoxy) is 2. The summed E-state index contributed by atoms with van der Waals surface area (Å²) >= 11 is 6.52. The van der Waals surface area contributed by atoms with E-state index >= 15 is 0 Å². The summed E-state index contributed by atoms with van der Waals surface area (Å²) in [6, 6.07) is 10.8. The first kappa shape index (κ1) is 22.1. The van der Waals surface area contributed by atoms with Gasteiger partial charge in [0, 0.05) is 10.4 Å². The van der Waals surface area contributed by atoms with Crippen molar-refractivity contribution < 1.29 is 13.9 Å². The molecular formula is C22H15FN4O2S2. The van der Waals surface area contributed by atoms with Gasteiger partial charge in [0.25, 0.3) is 5.41 Å². The van der Waals surface area contributed by atoms with Crippen LogP contribution in [0.2, 0.25) is 0 Å². The molecule has 0 N–H and O–H groups in total. The Morgan fingerprint density at radius 1 is 1.23 bits per heavy atom. The molecule has 0 aliphatic carbocycles. The van der Waals surface area contributed by atoms with Crippen LogP contribution in [0, 0.1) is 52.1 Å². The number of aromatic nitrogens is 1. The highest BCUT2D eigenvalue weighted by Crippen LogP contribution is 2.46. The summed E-state index contributed by atoms with van der Waals surface area (Å²) in [6.45, 7) is 9.21. The lowest BCUT2D eigenvalue weighted by atomic mass is 9.95. The topological polar surface area (TPSA) is 103 Å². The van der Waals surface area contributed by atoms with Gasteiger partial charge in [-0.2, -0.15) is 15.8 Å². The van der Waals surface area contributed by atoms with Crippen LogP contribution in [0.15, 0.2) is 42.4 Å². The third-order valence-corrected chi connectivity index (χ3v) is 5.97. The summed E-state index contributed by atoms with van der Waals surface area (Å²) in [4.78, 5) is 5.48. The number of nitrogens with zero attached hydrogens (tertiary/aromatic N) is 4. The molecule has 6 nitrogen and oxygen atoms in total. The van der Waals surface area contributed by atoms with E-state index in [1.54, 1.807) is 44.2 Å². The van der Waals surface area contributed by atoms with Crippen LogP contribution in [0.4, 0.5) is 4.39 Å². The summed E-state index contributed by atoms with van der Waals surface area (Å²) in [5.74, 6) is 0.129. The van der Waals surface area contributed by atoms with Crippen LogP contribution >= 0.6 is 23.6 Å². The maximum Gasteiger partial charge on any atom is 0.295 e. The lowest BCUT2D eigenvalue weighted by Crippen LogP contribution is -2.31. The summed E-state index contributed by atoms with van der Waals surface area (Å²) in [6.07, 6.45) is 0. The average molecular weight is 451 g/mol. The second kappa shape index (κ2) is 7.92. The molecule has 3 rings (SSSR count). The summed E-state index contributed by atoms with van der Waals surface area (Å²) < 4.78 is 24.9. The Labute approximate surface area is 188 Å². The highest BCUT2D eigenvalue weighted by molar-refractivity contribution is 7.80. The molecule has 0 atom stereocenters. The lowest BCUT2D eigenvalue weighted by Gasteiger charge is -2.23. The Balaban J connectivity index is 2.13. The van der Waals surface area contributed by atoms with E-state index in [4.69, 9.17) is 21.7 Å². The van der Waals surface area contributed by atoms with Crippen molar-refractivity contribution in [3.8, 4) is 28.8 Å². The van der Waals surface area contributed by atoms with Crippen molar-refractivity contribution in [2.45, 2.75) is 26.4 Å². The normalized spacial score (nSPS) is 14.9. The second-order valence-corrected chi connectivity index (χ2v) is 8.72. The van der Waals surface area contributed by atoms with Gasteiger partial charge in [-0.05, 0) is 57.3 Å². The van der Waals surface area contributed by atoms with Crippen LogP contribution in [0.1, 0.15) is 24.4 Å². The molecule has 31 heavy (non-hydrogen) atoms. The molecule has 0 fully saturated rings. The zero-order valence-electron chi connectivity index (χ0n) is 16.8. The van der Waals surface area contributed by atoms with Crippen molar-refractivity contribution >= 4 is 34.2 Å². The van der Waals surface area contributed by atoms with E-state index in [0.29, 0.717) is 16.3 Å². The molecule has 2 heterocycles. The first-order valence-electron chi connectivity index (χ1n) is 8.91. The molecule has 1 aliphatic rings. The first-order chi connectivity index (χ1) is 14.6. The van der Waals surface area contributed by atoms with Gasteiger partial charge in [-0.15, -0.1) is 11.3 Å². The molecule has 0 saturated carbocycles. The fourth-order valence-corrected chi connectivity index (χ4v) is 4.12. The fraction of sp³-hybridized carbons (Fsp3) is 0.227. The molecule has 0 saturated heterocycles. The first-order valence-corrected chi connectivity index (χ1v) is 10.1. The largest absolute Gasteiger partial charge is 0.480 e. The molecule has 9 heteroatoms. The molecule has 2 aromatic rings. The van der Waals surface area contributed by atoms with Crippen molar-refractivity contribution in [1.82, 2.24) is 4.98 Å². The minimum absolute atomic E-state index is 0.201. The van der Waals surface area contributed by atoms with Gasteiger partial charge in [0.2, 0.25) is 5.05 Å². The number of allylic oxidation sites excluding steroid dienone is 1. The van der Waals surface area contributed by atoms with E-state index in [1.807, 2.05) is 6.92 Å². The van der Waals surface area contributed by atoms with Crippen molar-refractivity contribution in [3.63, 3.8) is 0 Å². The van der Waals surface area contributed by atoms with Crippen LogP contribution in [0.3, 0.4) is 0 Å². The van der Waals surface area contributed by atoms with E-state index in [0.717, 1.165) is 10.4 Å². The molecule has 0 unspecified atom stereocenters. The number of nitriles is 3. The Bertz CT molecular complexity index is 1220. The van der Waals surface area contributed by atoms with Gasteiger partial charge in [0.05, 0.1) is 11.3 Å². The number of halogens is 1. The zero-order valence-corrected chi connectivity index (χ0v) is 18.4. The van der Waals surface area contributed by atoms with Gasteiger partial charge in [0.1, 0.15) is 34.8 Å². The Kier molecular flexibility index (Phi) is 5.65. The van der Waals surface area contributed by atoms with Gasteiger partial charge in [-0.25, -0.2) is 9.37 Å². The van der Waals surface area contributed by atoms with Gasteiger partial charge in [-0.3, -0.25) is 0 Å². The maximum atomic E-state index is 13.3. The van der Waals surface area contributed by atoms with E-state index < -0.39 is 16.1 Å². The van der Waals surface area contributed by atoms with Crippen molar-refractivity contribution in [1.29, 1.82) is 15.8 Å². The third-order valence-electron chi connectivity index (χ3n) is 4.56. The van der Waals surface area contributed by atoms with Crippen LogP contribution < -0.4 is 0 Å². The van der Waals surface area contributed by atoms with Gasteiger partial charge in [0.15, 0.2) is 11.4 Å². The van der Waals surface area contributed by atoms with E-state index in [2.05, 4.69) is 11.6 Å². The number of hydrogen-bond acceptors (Lipinski definition) is 8. The minimum Gasteiger partial charge on any atom is -0.480 e. The SMILES string of the molecule is C=C1OC(C)(C)C(OC(=S)C(C#N)(C#N)C#N)=C1c1nc(-c2ccc(F)cc2)sc1C. The minimum atomic E-state index is -2.25. The highest BCUT2D eigenvalue weighted by Gasteiger charge is 2.46. The molecule has 0 spiro atoms. The molecule has 1 aliphatic heterocycles. The predicted octanol–water partition coefficient (Wildman–Crippen LogP) is 5.19. The smallest absolute Gasteiger partial charge is 0.295 e. The van der Waals surface area contributed by atoms with Crippen LogP contribution in [-0.4, -0.2) is 15.6 Å². The number of thiocarbonyl (C=S) groups is 1. The van der Waals surface area contributed by atoms with Crippen molar-refractivity contribution in [2.75, 3.05) is 0 Å². The number of hydrogen-bond donors (Lipinski definition) is 0. The maximum absolute atomic E-state index is 13.3. The van der Waals surface area contributed by atoms with Gasteiger partial charge >= 0.3 is 0 Å². The number of aryl methyl sites for hydroxylation is 1. The quantitative estimate of drug-likeness (QED) is 0.590.